The van der Waals surface area contributed by atoms with Crippen LogP contribution in [0.15, 0.2) is 28.0 Å². The smallest absolute Gasteiger partial charge is 0.151 e. The van der Waals surface area contributed by atoms with Crippen LogP contribution in [0.5, 0.6) is 11.5 Å². The minimum absolute atomic E-state index is 0.0338. The Hall–Kier alpha value is -2.10. The summed E-state index contributed by atoms with van der Waals surface area (Å²) in [4.78, 5) is 8.84. The van der Waals surface area contributed by atoms with E-state index < -0.39 is 0 Å². The molecule has 1 aromatic carbocycles. The molecule has 0 saturated heterocycles. The first-order valence-electron chi connectivity index (χ1n) is 7.12. The van der Waals surface area contributed by atoms with Gasteiger partial charge in [-0.25, -0.2) is 4.99 Å². The van der Waals surface area contributed by atoms with E-state index in [2.05, 4.69) is 9.98 Å². The summed E-state index contributed by atoms with van der Waals surface area (Å²) in [5, 5.41) is 22.2. The molecule has 2 heterocycles. The molecule has 0 aromatic heterocycles. The van der Waals surface area contributed by atoms with Crippen molar-refractivity contribution in [2.75, 3.05) is 0 Å². The van der Waals surface area contributed by atoms with Gasteiger partial charge in [-0.1, -0.05) is 13.0 Å². The Morgan fingerprint density at radius 3 is 2.75 bits per heavy atom. The van der Waals surface area contributed by atoms with Gasteiger partial charge in [0.1, 0.15) is 16.5 Å². The van der Waals surface area contributed by atoms with Gasteiger partial charge in [-0.2, -0.15) is 0 Å². The second-order valence-corrected chi connectivity index (χ2v) is 5.69. The van der Waals surface area contributed by atoms with Gasteiger partial charge in [-0.15, -0.1) is 0 Å². The summed E-state index contributed by atoms with van der Waals surface area (Å²) in [7, 11) is 0. The maximum absolute atomic E-state index is 10.6. The molecule has 20 heavy (non-hydrogen) atoms. The van der Waals surface area contributed by atoms with Crippen molar-refractivity contribution < 1.29 is 10.2 Å². The molecule has 4 nitrogen and oxygen atoms in total. The Labute approximate surface area is 116 Å². The van der Waals surface area contributed by atoms with Crippen LogP contribution in [0.4, 0.5) is 0 Å². The van der Waals surface area contributed by atoms with Gasteiger partial charge in [-0.3, -0.25) is 4.99 Å². The van der Waals surface area contributed by atoms with E-state index in [4.69, 9.17) is 0 Å². The van der Waals surface area contributed by atoms with Crippen LogP contribution in [0.3, 0.4) is 0 Å². The lowest BCUT2D eigenvalue weighted by Gasteiger charge is -2.17. The molecule has 1 aromatic rings. The number of nitrogens with zero attached hydrogens (tertiary/aromatic N) is 2. The SMILES string of the molecule is CC1C=CN=c2c(O)c3c(c(O)c21)=NC1=C3CCCC1. The molecule has 4 heteroatoms. The molecular formula is C16H16N2O2. The van der Waals surface area contributed by atoms with Gasteiger partial charge in [0.25, 0.3) is 0 Å². The van der Waals surface area contributed by atoms with Gasteiger partial charge in [0.05, 0.1) is 5.56 Å². The summed E-state index contributed by atoms with van der Waals surface area (Å²) in [5.41, 5.74) is 3.52. The molecule has 0 spiro atoms. The zero-order valence-electron chi connectivity index (χ0n) is 11.3. The molecule has 0 saturated carbocycles. The number of phenolic OH excluding ortho intramolecular Hbond substituents is 2. The topological polar surface area (TPSA) is 65.2 Å². The first-order valence-corrected chi connectivity index (χ1v) is 7.12. The van der Waals surface area contributed by atoms with Gasteiger partial charge in [-0.05, 0) is 31.3 Å². The number of rotatable bonds is 0. The lowest BCUT2D eigenvalue weighted by Crippen LogP contribution is -2.23. The highest BCUT2D eigenvalue weighted by molar-refractivity contribution is 5.77. The van der Waals surface area contributed by atoms with Crippen molar-refractivity contribution in [3.05, 3.63) is 39.8 Å². The van der Waals surface area contributed by atoms with Crippen molar-refractivity contribution in [3.8, 4) is 11.5 Å². The summed E-state index contributed by atoms with van der Waals surface area (Å²) in [6.45, 7) is 1.98. The van der Waals surface area contributed by atoms with Gasteiger partial charge in [0, 0.05) is 23.4 Å². The predicted octanol–water partition coefficient (Wildman–Crippen LogP) is 2.27. The summed E-state index contributed by atoms with van der Waals surface area (Å²) in [6.07, 6.45) is 7.69. The van der Waals surface area contributed by atoms with Crippen molar-refractivity contribution in [1.29, 1.82) is 0 Å². The third-order valence-corrected chi connectivity index (χ3v) is 4.45. The second kappa shape index (κ2) is 3.95. The molecule has 1 atom stereocenters. The van der Waals surface area contributed by atoms with Crippen LogP contribution >= 0.6 is 0 Å². The number of benzene rings is 1. The van der Waals surface area contributed by atoms with Gasteiger partial charge in [0.15, 0.2) is 5.75 Å². The van der Waals surface area contributed by atoms with Crippen LogP contribution in [0.25, 0.3) is 5.57 Å². The molecule has 1 unspecified atom stereocenters. The fraction of sp³-hybridized carbons (Fsp3) is 0.375. The predicted molar refractivity (Wildman–Crippen MR) is 75.0 cm³/mol. The Morgan fingerprint density at radius 2 is 1.90 bits per heavy atom. The van der Waals surface area contributed by atoms with Crippen LogP contribution < -0.4 is 10.7 Å². The maximum atomic E-state index is 10.6. The summed E-state index contributed by atoms with van der Waals surface area (Å²) in [5.74, 6) is 0.397. The highest BCUT2D eigenvalue weighted by Crippen LogP contribution is 2.39. The average Bonchev–Trinajstić information content (AvgIpc) is 2.84. The lowest BCUT2D eigenvalue weighted by molar-refractivity contribution is 0.438. The standard InChI is InChI=1S/C16H16N2O2/c1-8-6-7-17-13-11(8)15(19)14-12(16(13)20)9-4-2-3-5-10(9)18-14/h6-8,19-20H,2-5H2,1H3. The first kappa shape index (κ1) is 11.7. The largest absolute Gasteiger partial charge is 0.505 e. The van der Waals surface area contributed by atoms with Gasteiger partial charge >= 0.3 is 0 Å². The molecular weight excluding hydrogens is 252 g/mol. The van der Waals surface area contributed by atoms with E-state index in [0.29, 0.717) is 21.8 Å². The minimum Gasteiger partial charge on any atom is -0.505 e. The van der Waals surface area contributed by atoms with Crippen LogP contribution in [0.2, 0.25) is 0 Å². The fourth-order valence-corrected chi connectivity index (χ4v) is 3.43. The Balaban J connectivity index is 2.11. The zero-order chi connectivity index (χ0) is 13.9. The highest BCUT2D eigenvalue weighted by atomic mass is 16.3. The maximum Gasteiger partial charge on any atom is 0.151 e. The van der Waals surface area contributed by atoms with Crippen LogP contribution in [0, 0.1) is 0 Å². The van der Waals surface area contributed by atoms with Crippen molar-refractivity contribution in [3.63, 3.8) is 0 Å². The monoisotopic (exact) mass is 268 g/mol. The highest BCUT2D eigenvalue weighted by Gasteiger charge is 2.29. The zero-order valence-corrected chi connectivity index (χ0v) is 11.3. The third-order valence-electron chi connectivity index (χ3n) is 4.45. The van der Waals surface area contributed by atoms with Gasteiger partial charge < -0.3 is 10.2 Å². The summed E-state index contributed by atoms with van der Waals surface area (Å²) in [6, 6.07) is 0. The lowest BCUT2D eigenvalue weighted by atomic mass is 9.89. The number of allylic oxidation sites excluding steroid dienone is 3. The van der Waals surface area contributed by atoms with E-state index in [1.165, 1.54) is 0 Å². The Kier molecular flexibility index (Phi) is 2.31. The molecule has 2 N–H and O–H groups in total. The normalized spacial score (nSPS) is 22.8. The second-order valence-electron chi connectivity index (χ2n) is 5.69. The van der Waals surface area contributed by atoms with E-state index in [-0.39, 0.29) is 17.4 Å². The summed E-state index contributed by atoms with van der Waals surface area (Å²) < 4.78 is 0. The number of hydrogen-bond acceptors (Lipinski definition) is 4. The van der Waals surface area contributed by atoms with E-state index in [0.717, 1.165) is 37.0 Å². The van der Waals surface area contributed by atoms with Crippen LogP contribution in [-0.2, 0) is 0 Å². The fourth-order valence-electron chi connectivity index (χ4n) is 3.43. The molecule has 0 amide bonds. The average molecular weight is 268 g/mol. The van der Waals surface area contributed by atoms with Crippen molar-refractivity contribution in [2.24, 2.45) is 9.98 Å². The molecule has 102 valence electrons. The van der Waals surface area contributed by atoms with E-state index in [9.17, 15) is 10.2 Å². The molecule has 3 aliphatic rings. The molecule has 2 aliphatic heterocycles. The van der Waals surface area contributed by atoms with E-state index in [1.54, 1.807) is 6.20 Å². The number of aromatic hydroxyl groups is 2. The molecule has 0 radical (unpaired) electrons. The molecule has 4 rings (SSSR count). The van der Waals surface area contributed by atoms with Crippen LogP contribution in [0.1, 0.15) is 49.7 Å². The van der Waals surface area contributed by atoms with E-state index in [1.807, 2.05) is 13.0 Å². The molecule has 0 bridgehead atoms. The van der Waals surface area contributed by atoms with Crippen LogP contribution in [-0.4, -0.2) is 10.2 Å². The first-order chi connectivity index (χ1) is 9.68. The molecule has 1 aliphatic carbocycles. The number of phenols is 2. The van der Waals surface area contributed by atoms with Crippen molar-refractivity contribution >= 4 is 5.57 Å². The third kappa shape index (κ3) is 1.36. The number of hydrogen-bond donors (Lipinski definition) is 2. The van der Waals surface area contributed by atoms with Crippen molar-refractivity contribution in [1.82, 2.24) is 0 Å². The Morgan fingerprint density at radius 1 is 1.10 bits per heavy atom. The molecule has 0 fully saturated rings. The minimum atomic E-state index is 0.0338. The Bertz CT molecular complexity index is 803. The number of fused-ring (bicyclic) bond motifs is 3. The van der Waals surface area contributed by atoms with Crippen molar-refractivity contribution in [2.45, 2.75) is 38.5 Å². The quantitative estimate of drug-likeness (QED) is 0.709. The van der Waals surface area contributed by atoms with Gasteiger partial charge in [0.2, 0.25) is 0 Å². The van der Waals surface area contributed by atoms with E-state index >= 15 is 0 Å². The summed E-state index contributed by atoms with van der Waals surface area (Å²) >= 11 is 0.